The summed E-state index contributed by atoms with van der Waals surface area (Å²) in [5.74, 6) is 1.42. The van der Waals surface area contributed by atoms with Gasteiger partial charge in [-0.05, 0) is 84.5 Å². The summed E-state index contributed by atoms with van der Waals surface area (Å²) in [5, 5.41) is 5.67. The van der Waals surface area contributed by atoms with Gasteiger partial charge in [0.05, 0.1) is 20.4 Å². The number of methoxy groups -OCH3 is 2. The van der Waals surface area contributed by atoms with Gasteiger partial charge in [-0.2, -0.15) is 8.42 Å². The van der Waals surface area contributed by atoms with Crippen molar-refractivity contribution in [3.05, 3.63) is 137 Å². The number of nitrogens with zero attached hydrogens (tertiary/aromatic N) is 2. The van der Waals surface area contributed by atoms with E-state index in [9.17, 15) is 13.2 Å². The molecule has 48 heavy (non-hydrogen) atoms. The molecule has 0 fully saturated rings. The topological polar surface area (TPSA) is 104 Å². The Kier molecular flexibility index (Phi) is 12.2. The molecule has 0 heterocycles. The van der Waals surface area contributed by atoms with Crippen molar-refractivity contribution in [2.75, 3.05) is 14.2 Å². The van der Waals surface area contributed by atoms with Gasteiger partial charge in [-0.1, -0.05) is 91.3 Å². The van der Waals surface area contributed by atoms with Crippen molar-refractivity contribution in [2.45, 2.75) is 44.9 Å². The largest absolute Gasteiger partial charge is 0.496 e. The van der Waals surface area contributed by atoms with Crippen LogP contribution in [-0.2, 0) is 14.4 Å². The zero-order valence-corrected chi connectivity index (χ0v) is 28.8. The standard InChI is InChI=1S/C21H19NO2.C18H21NO4S/c1-14-8-10-17(15(2)12-14)21(23)22-13-19-18-7-5-4-6-16(18)9-11-20(19)24-3;1-4-14(2)15-9-11-17(12-10-15)24(20,21)23-19-13-16-7-5-6-8-18(16)22-3/h4-13H,1-3H3;5-14H,4H2,1-3H3/b;19-13-. The number of fused-ring (bicyclic) bond motifs is 1. The maximum atomic E-state index is 12.4. The Morgan fingerprint density at radius 2 is 1.50 bits per heavy atom. The molecule has 1 unspecified atom stereocenters. The van der Waals surface area contributed by atoms with E-state index in [0.717, 1.165) is 39.4 Å². The van der Waals surface area contributed by atoms with Crippen molar-refractivity contribution in [1.82, 2.24) is 0 Å². The van der Waals surface area contributed by atoms with Gasteiger partial charge in [-0.3, -0.25) is 9.08 Å². The normalized spacial score (nSPS) is 12.0. The molecule has 0 spiro atoms. The highest BCUT2D eigenvalue weighted by atomic mass is 32.2. The second kappa shape index (κ2) is 16.5. The van der Waals surface area contributed by atoms with Gasteiger partial charge in [-0.15, -0.1) is 0 Å². The summed E-state index contributed by atoms with van der Waals surface area (Å²) in [6.45, 7) is 8.11. The molecule has 5 aromatic carbocycles. The van der Waals surface area contributed by atoms with Gasteiger partial charge in [0.2, 0.25) is 0 Å². The monoisotopic (exact) mass is 664 g/mol. The van der Waals surface area contributed by atoms with Crippen LogP contribution in [0.1, 0.15) is 64.4 Å². The van der Waals surface area contributed by atoms with Crippen molar-refractivity contribution >= 4 is 39.2 Å². The summed E-state index contributed by atoms with van der Waals surface area (Å²) in [7, 11) is -0.789. The summed E-state index contributed by atoms with van der Waals surface area (Å²) in [6, 6.07) is 31.4. The smallest absolute Gasteiger partial charge is 0.358 e. The number of ether oxygens (including phenoxy) is 2. The molecule has 0 saturated carbocycles. The predicted octanol–water partition coefficient (Wildman–Crippen LogP) is 8.67. The van der Waals surface area contributed by atoms with Gasteiger partial charge in [-0.25, -0.2) is 4.99 Å². The Balaban J connectivity index is 0.000000217. The molecule has 1 atom stereocenters. The predicted molar refractivity (Wildman–Crippen MR) is 192 cm³/mol. The molecule has 0 aliphatic heterocycles. The molecule has 1 amide bonds. The van der Waals surface area contributed by atoms with Crippen LogP contribution < -0.4 is 9.47 Å². The lowest BCUT2D eigenvalue weighted by Crippen LogP contribution is -2.03. The molecule has 0 bridgehead atoms. The number of para-hydroxylation sites is 1. The van der Waals surface area contributed by atoms with Crippen molar-refractivity contribution in [1.29, 1.82) is 0 Å². The summed E-state index contributed by atoms with van der Waals surface area (Å²) in [4.78, 5) is 16.7. The molecule has 0 aliphatic carbocycles. The molecule has 0 radical (unpaired) electrons. The number of rotatable bonds is 10. The highest BCUT2D eigenvalue weighted by molar-refractivity contribution is 7.86. The minimum Gasteiger partial charge on any atom is -0.496 e. The van der Waals surface area contributed by atoms with E-state index in [0.29, 0.717) is 28.5 Å². The second-order valence-electron chi connectivity index (χ2n) is 11.2. The fraction of sp³-hybridized carbons (Fsp3) is 0.205. The molecule has 0 aromatic heterocycles. The third-order valence-electron chi connectivity index (χ3n) is 7.90. The first-order chi connectivity index (χ1) is 23.1. The van der Waals surface area contributed by atoms with Crippen LogP contribution in [0.5, 0.6) is 11.5 Å². The fourth-order valence-corrected chi connectivity index (χ4v) is 5.69. The quantitative estimate of drug-likeness (QED) is 0.109. The van der Waals surface area contributed by atoms with Gasteiger partial charge in [0, 0.05) is 22.9 Å². The molecule has 248 valence electrons. The number of amides is 1. The average Bonchev–Trinajstić information content (AvgIpc) is 3.10. The highest BCUT2D eigenvalue weighted by Crippen LogP contribution is 2.27. The minimum atomic E-state index is -3.94. The SMILES string of the molecule is CCC(C)c1ccc(S(=O)(=O)O/N=C\c2ccccc2OC)cc1.COc1ccc2ccccc2c1C=NC(=O)c1ccc(C)cc1C. The van der Waals surface area contributed by atoms with E-state index in [1.54, 1.807) is 43.7 Å². The number of oxime groups is 1. The van der Waals surface area contributed by atoms with Crippen LogP contribution >= 0.6 is 0 Å². The molecule has 0 aliphatic rings. The van der Waals surface area contributed by atoms with Crippen LogP contribution in [0.3, 0.4) is 0 Å². The Hall–Kier alpha value is -5.28. The first kappa shape index (κ1) is 35.6. The van der Waals surface area contributed by atoms with Crippen LogP contribution in [0.15, 0.2) is 118 Å². The molecule has 9 heteroatoms. The van der Waals surface area contributed by atoms with Crippen LogP contribution in [0.2, 0.25) is 0 Å². The van der Waals surface area contributed by atoms with Crippen molar-refractivity contribution in [3.63, 3.8) is 0 Å². The van der Waals surface area contributed by atoms with E-state index in [1.807, 2.05) is 74.5 Å². The molecular weight excluding hydrogens is 625 g/mol. The van der Waals surface area contributed by atoms with E-state index >= 15 is 0 Å². The van der Waals surface area contributed by atoms with E-state index in [4.69, 9.17) is 13.8 Å². The van der Waals surface area contributed by atoms with Crippen LogP contribution in [-0.4, -0.2) is 41.0 Å². The summed E-state index contributed by atoms with van der Waals surface area (Å²) >= 11 is 0. The van der Waals surface area contributed by atoms with Crippen molar-refractivity contribution < 1.29 is 27.0 Å². The molecule has 0 saturated heterocycles. The number of hydrogen-bond acceptors (Lipinski definition) is 7. The zero-order chi connectivity index (χ0) is 34.7. The number of benzene rings is 5. The Bertz CT molecular complexity index is 2040. The van der Waals surface area contributed by atoms with E-state index in [1.165, 1.54) is 25.5 Å². The highest BCUT2D eigenvalue weighted by Gasteiger charge is 2.16. The third-order valence-corrected chi connectivity index (χ3v) is 9.03. The van der Waals surface area contributed by atoms with E-state index in [2.05, 4.69) is 24.0 Å². The van der Waals surface area contributed by atoms with Crippen LogP contribution in [0.25, 0.3) is 10.8 Å². The van der Waals surface area contributed by atoms with Crippen LogP contribution in [0, 0.1) is 13.8 Å². The minimum absolute atomic E-state index is 0.0757. The lowest BCUT2D eigenvalue weighted by molar-refractivity contribution is 0.100. The first-order valence-electron chi connectivity index (χ1n) is 15.5. The number of hydrogen-bond donors (Lipinski definition) is 0. The van der Waals surface area contributed by atoms with Crippen LogP contribution in [0.4, 0.5) is 0 Å². The number of aryl methyl sites for hydroxylation is 2. The fourth-order valence-electron chi connectivity index (χ4n) is 4.98. The average molecular weight is 665 g/mol. The third kappa shape index (κ3) is 8.95. The Labute approximate surface area is 282 Å². The summed E-state index contributed by atoms with van der Waals surface area (Å²) in [6.07, 6.45) is 3.90. The first-order valence-corrected chi connectivity index (χ1v) is 16.9. The van der Waals surface area contributed by atoms with Crippen molar-refractivity contribution in [2.24, 2.45) is 10.1 Å². The maximum absolute atomic E-state index is 12.4. The number of carbonyl (C=O) groups excluding carboxylic acids is 1. The lowest BCUT2D eigenvalue weighted by Gasteiger charge is -2.09. The molecule has 8 nitrogen and oxygen atoms in total. The van der Waals surface area contributed by atoms with Gasteiger partial charge >= 0.3 is 10.1 Å². The molecule has 0 N–H and O–H groups in total. The summed E-state index contributed by atoms with van der Waals surface area (Å²) < 4.78 is 39.6. The van der Waals surface area contributed by atoms with Gasteiger partial charge in [0.25, 0.3) is 5.91 Å². The van der Waals surface area contributed by atoms with E-state index < -0.39 is 10.1 Å². The molecular formula is C39H40N2O6S. The number of aliphatic imine (C=N–C) groups is 1. The van der Waals surface area contributed by atoms with Crippen molar-refractivity contribution in [3.8, 4) is 11.5 Å². The summed E-state index contributed by atoms with van der Waals surface area (Å²) in [5.41, 5.74) is 5.21. The van der Waals surface area contributed by atoms with Gasteiger partial charge in [0.15, 0.2) is 0 Å². The van der Waals surface area contributed by atoms with Gasteiger partial charge < -0.3 is 9.47 Å². The lowest BCUT2D eigenvalue weighted by atomic mass is 9.99. The maximum Gasteiger partial charge on any atom is 0.358 e. The van der Waals surface area contributed by atoms with E-state index in [-0.39, 0.29) is 10.8 Å². The molecule has 5 rings (SSSR count). The Morgan fingerprint density at radius 1 is 0.812 bits per heavy atom. The Morgan fingerprint density at radius 3 is 2.19 bits per heavy atom. The molecule has 5 aromatic rings. The second-order valence-corrected chi connectivity index (χ2v) is 12.7. The zero-order valence-electron chi connectivity index (χ0n) is 28.0. The number of carbonyl (C=O) groups is 1. The van der Waals surface area contributed by atoms with Gasteiger partial charge in [0.1, 0.15) is 16.4 Å².